The van der Waals surface area contributed by atoms with Gasteiger partial charge in [0.15, 0.2) is 0 Å². The van der Waals surface area contributed by atoms with E-state index in [2.05, 4.69) is 30.7 Å². The molecule has 19 heavy (non-hydrogen) atoms. The van der Waals surface area contributed by atoms with Gasteiger partial charge in [0.05, 0.1) is 10.6 Å². The number of carbonyl (C=O) groups is 1. The van der Waals surface area contributed by atoms with Crippen molar-refractivity contribution in [2.45, 2.75) is 25.9 Å². The Labute approximate surface area is 118 Å². The Bertz CT molecular complexity index is 480. The van der Waals surface area contributed by atoms with Crippen molar-refractivity contribution in [2.75, 3.05) is 25.0 Å². The molecule has 104 valence electrons. The van der Waals surface area contributed by atoms with Crippen molar-refractivity contribution in [2.24, 2.45) is 0 Å². The molecular formula is C14H19ClN2O2. The summed E-state index contributed by atoms with van der Waals surface area (Å²) in [5.41, 5.74) is 1.14. The summed E-state index contributed by atoms with van der Waals surface area (Å²) in [6.45, 7) is 6.22. The fraction of sp³-hybridized carbons (Fsp3) is 0.500. The molecule has 0 unspecified atom stereocenters. The van der Waals surface area contributed by atoms with E-state index in [1.807, 2.05) is 6.07 Å². The Morgan fingerprint density at radius 1 is 1.32 bits per heavy atom. The van der Waals surface area contributed by atoms with Gasteiger partial charge < -0.3 is 10.0 Å². The van der Waals surface area contributed by atoms with Crippen LogP contribution in [-0.4, -0.2) is 48.2 Å². The van der Waals surface area contributed by atoms with Gasteiger partial charge in [-0.15, -0.1) is 0 Å². The van der Waals surface area contributed by atoms with Crippen molar-refractivity contribution in [1.29, 1.82) is 0 Å². The van der Waals surface area contributed by atoms with Gasteiger partial charge in [-0.25, -0.2) is 4.79 Å². The number of hydrogen-bond acceptors (Lipinski definition) is 3. The van der Waals surface area contributed by atoms with Crippen LogP contribution < -0.4 is 4.90 Å². The summed E-state index contributed by atoms with van der Waals surface area (Å²) in [5, 5.41) is 9.28. The molecule has 0 aromatic heterocycles. The standard InChI is InChI=1S/C14H19ClN2O2/c1-9-7-17(8-10(2)16(9)3)11-4-5-12(14(18)19)13(15)6-11/h4-6,9-10H,7-8H2,1-3H3,(H,18,19)/t9-,10+. The van der Waals surface area contributed by atoms with Crippen molar-refractivity contribution in [3.8, 4) is 0 Å². The number of likely N-dealkylation sites (N-methyl/N-ethyl adjacent to an activating group) is 1. The third-order valence-electron chi connectivity index (χ3n) is 3.91. The number of aromatic carboxylic acids is 1. The normalized spacial score (nSPS) is 24.5. The van der Waals surface area contributed by atoms with Gasteiger partial charge in [0.25, 0.3) is 0 Å². The number of rotatable bonds is 2. The van der Waals surface area contributed by atoms with Crippen LogP contribution in [0.5, 0.6) is 0 Å². The summed E-state index contributed by atoms with van der Waals surface area (Å²) >= 11 is 6.03. The number of benzene rings is 1. The topological polar surface area (TPSA) is 43.8 Å². The third-order valence-corrected chi connectivity index (χ3v) is 4.22. The predicted molar refractivity (Wildman–Crippen MR) is 77.3 cm³/mol. The molecular weight excluding hydrogens is 264 g/mol. The molecule has 0 radical (unpaired) electrons. The summed E-state index contributed by atoms with van der Waals surface area (Å²) in [6.07, 6.45) is 0. The predicted octanol–water partition coefficient (Wildman–Crippen LogP) is 2.57. The second kappa shape index (κ2) is 5.39. The molecule has 0 saturated carbocycles. The van der Waals surface area contributed by atoms with Crippen LogP contribution in [-0.2, 0) is 0 Å². The lowest BCUT2D eigenvalue weighted by molar-refractivity contribution is 0.0697. The summed E-state index contributed by atoms with van der Waals surface area (Å²) in [6, 6.07) is 6.08. The molecule has 1 aliphatic heterocycles. The molecule has 1 aliphatic rings. The van der Waals surface area contributed by atoms with E-state index in [0.717, 1.165) is 18.8 Å². The molecule has 1 aromatic carbocycles. The summed E-state index contributed by atoms with van der Waals surface area (Å²) in [5.74, 6) is -0.989. The van der Waals surface area contributed by atoms with Gasteiger partial charge in [-0.3, -0.25) is 4.90 Å². The molecule has 0 amide bonds. The van der Waals surface area contributed by atoms with Crippen molar-refractivity contribution < 1.29 is 9.90 Å². The Balaban J connectivity index is 2.23. The number of carboxylic acids is 1. The highest BCUT2D eigenvalue weighted by atomic mass is 35.5. The first-order valence-electron chi connectivity index (χ1n) is 6.40. The summed E-state index contributed by atoms with van der Waals surface area (Å²) < 4.78 is 0. The van der Waals surface area contributed by atoms with Crippen LogP contribution in [0.1, 0.15) is 24.2 Å². The first kappa shape index (κ1) is 14.2. The Hall–Kier alpha value is -1.26. The van der Waals surface area contributed by atoms with Crippen molar-refractivity contribution in [3.63, 3.8) is 0 Å². The first-order valence-corrected chi connectivity index (χ1v) is 6.77. The van der Waals surface area contributed by atoms with Crippen LogP contribution >= 0.6 is 11.6 Å². The monoisotopic (exact) mass is 282 g/mol. The summed E-state index contributed by atoms with van der Waals surface area (Å²) in [7, 11) is 2.13. The average molecular weight is 283 g/mol. The Morgan fingerprint density at radius 2 is 1.89 bits per heavy atom. The minimum Gasteiger partial charge on any atom is -0.478 e. The zero-order chi connectivity index (χ0) is 14.2. The fourth-order valence-corrected chi connectivity index (χ4v) is 2.75. The lowest BCUT2D eigenvalue weighted by atomic mass is 10.1. The van der Waals surface area contributed by atoms with Gasteiger partial charge in [-0.2, -0.15) is 0 Å². The van der Waals surface area contributed by atoms with Gasteiger partial charge in [0.1, 0.15) is 0 Å². The lowest BCUT2D eigenvalue weighted by Gasteiger charge is -2.43. The van der Waals surface area contributed by atoms with E-state index in [9.17, 15) is 4.79 Å². The quantitative estimate of drug-likeness (QED) is 0.905. The second-order valence-corrected chi connectivity index (χ2v) is 5.64. The molecule has 0 bridgehead atoms. The second-order valence-electron chi connectivity index (χ2n) is 5.24. The molecule has 0 spiro atoms. The number of hydrogen-bond donors (Lipinski definition) is 1. The van der Waals surface area contributed by atoms with Crippen molar-refractivity contribution >= 4 is 23.3 Å². The molecule has 1 aromatic rings. The lowest BCUT2D eigenvalue weighted by Crippen LogP contribution is -2.55. The van der Waals surface area contributed by atoms with Gasteiger partial charge in [-0.05, 0) is 39.1 Å². The minimum absolute atomic E-state index is 0.153. The zero-order valence-corrected chi connectivity index (χ0v) is 12.2. The number of carboxylic acid groups (broad SMARTS) is 1. The summed E-state index contributed by atoms with van der Waals surface area (Å²) in [4.78, 5) is 15.6. The van der Waals surface area contributed by atoms with Crippen LogP contribution in [0.3, 0.4) is 0 Å². The SMILES string of the molecule is C[C@@H]1CN(c2ccc(C(=O)O)c(Cl)c2)C[C@H](C)N1C. The maximum Gasteiger partial charge on any atom is 0.337 e. The molecule has 0 aliphatic carbocycles. The molecule has 1 heterocycles. The Morgan fingerprint density at radius 3 is 2.37 bits per heavy atom. The van der Waals surface area contributed by atoms with E-state index in [1.54, 1.807) is 12.1 Å². The van der Waals surface area contributed by atoms with E-state index in [0.29, 0.717) is 17.1 Å². The first-order chi connectivity index (χ1) is 8.90. The number of nitrogens with zero attached hydrogens (tertiary/aromatic N) is 2. The highest BCUT2D eigenvalue weighted by Crippen LogP contribution is 2.26. The van der Waals surface area contributed by atoms with Crippen LogP contribution in [0.2, 0.25) is 5.02 Å². The van der Waals surface area contributed by atoms with Crippen LogP contribution in [0.15, 0.2) is 18.2 Å². The smallest absolute Gasteiger partial charge is 0.337 e. The number of halogens is 1. The van der Waals surface area contributed by atoms with Gasteiger partial charge in [-0.1, -0.05) is 11.6 Å². The maximum atomic E-state index is 11.0. The highest BCUT2D eigenvalue weighted by Gasteiger charge is 2.26. The van der Waals surface area contributed by atoms with Crippen molar-refractivity contribution in [3.05, 3.63) is 28.8 Å². The van der Waals surface area contributed by atoms with Gasteiger partial charge >= 0.3 is 5.97 Å². The van der Waals surface area contributed by atoms with E-state index in [1.165, 1.54) is 0 Å². The van der Waals surface area contributed by atoms with E-state index in [-0.39, 0.29) is 5.56 Å². The highest BCUT2D eigenvalue weighted by molar-refractivity contribution is 6.33. The molecule has 1 N–H and O–H groups in total. The van der Waals surface area contributed by atoms with Crippen LogP contribution in [0, 0.1) is 0 Å². The molecule has 5 heteroatoms. The van der Waals surface area contributed by atoms with Crippen molar-refractivity contribution in [1.82, 2.24) is 4.90 Å². The fourth-order valence-electron chi connectivity index (χ4n) is 2.49. The van der Waals surface area contributed by atoms with Crippen LogP contribution in [0.4, 0.5) is 5.69 Å². The van der Waals surface area contributed by atoms with Crippen LogP contribution in [0.25, 0.3) is 0 Å². The molecule has 2 rings (SSSR count). The number of piperazine rings is 1. The largest absolute Gasteiger partial charge is 0.478 e. The number of anilines is 1. The van der Waals surface area contributed by atoms with E-state index < -0.39 is 5.97 Å². The Kier molecular flexibility index (Phi) is 4.02. The van der Waals surface area contributed by atoms with Gasteiger partial charge in [0, 0.05) is 30.9 Å². The average Bonchev–Trinajstić information content (AvgIpc) is 2.34. The molecule has 4 nitrogen and oxygen atoms in total. The van der Waals surface area contributed by atoms with E-state index in [4.69, 9.17) is 16.7 Å². The zero-order valence-electron chi connectivity index (χ0n) is 11.4. The minimum atomic E-state index is -0.989. The van der Waals surface area contributed by atoms with Gasteiger partial charge in [0.2, 0.25) is 0 Å². The molecule has 2 atom stereocenters. The van der Waals surface area contributed by atoms with E-state index >= 15 is 0 Å². The molecule has 1 fully saturated rings. The maximum absolute atomic E-state index is 11.0. The molecule has 1 saturated heterocycles. The third kappa shape index (κ3) is 2.85.